The molecule has 2 N–H and O–H groups in total. The molecule has 0 aliphatic rings. The summed E-state index contributed by atoms with van der Waals surface area (Å²) in [5.74, 6) is -3.96. The highest BCUT2D eigenvalue weighted by Crippen LogP contribution is 2.20. The number of aryl methyl sites for hydroxylation is 1. The number of rotatable bonds is 4. The van der Waals surface area contributed by atoms with Crippen LogP contribution in [0.1, 0.15) is 5.56 Å². The largest absolute Gasteiger partial charge is 0.484 e. The third-order valence-electron chi connectivity index (χ3n) is 1.82. The Hall–Kier alpha value is -1.23. The van der Waals surface area contributed by atoms with Gasteiger partial charge in [0.1, 0.15) is 0 Å². The fourth-order valence-corrected chi connectivity index (χ4v) is 0.965. The molecule has 0 saturated heterocycles. The first-order valence-corrected chi connectivity index (χ1v) is 4.41. The van der Waals surface area contributed by atoms with E-state index in [-0.39, 0.29) is 5.75 Å². The molecule has 0 heterocycles. The topological polar surface area (TPSA) is 35.2 Å². The number of nitrogens with two attached hydrogens (primary N) is 1. The fraction of sp³-hybridized carbons (Fsp3) is 0.400. The van der Waals surface area contributed by atoms with E-state index < -0.39 is 24.9 Å². The maximum Gasteiger partial charge on any atom is 0.293 e. The van der Waals surface area contributed by atoms with Crippen molar-refractivity contribution in [2.24, 2.45) is 5.73 Å². The van der Waals surface area contributed by atoms with Crippen molar-refractivity contribution in [1.82, 2.24) is 0 Å². The van der Waals surface area contributed by atoms with Crippen LogP contribution in [0.4, 0.5) is 13.2 Å². The number of benzene rings is 1. The van der Waals surface area contributed by atoms with Gasteiger partial charge in [-0.25, -0.2) is 13.2 Å². The van der Waals surface area contributed by atoms with Gasteiger partial charge in [0.05, 0.1) is 6.54 Å². The Bertz CT molecular complexity index is 341. The molecule has 1 aromatic carbocycles. The lowest BCUT2D eigenvalue weighted by Gasteiger charge is -2.15. The van der Waals surface area contributed by atoms with Gasteiger partial charge in [0, 0.05) is 0 Å². The van der Waals surface area contributed by atoms with Crippen molar-refractivity contribution in [2.75, 3.05) is 13.2 Å². The highest BCUT2D eigenvalue weighted by Gasteiger charge is 2.28. The van der Waals surface area contributed by atoms with Crippen molar-refractivity contribution in [3.63, 3.8) is 0 Å². The summed E-state index contributed by atoms with van der Waals surface area (Å²) in [6, 6.07) is 4.12. The summed E-state index contributed by atoms with van der Waals surface area (Å²) in [7, 11) is 0. The standard InChI is InChI=1S/C10H12F3NO/c1-7-2-3-9(8(11)4-7)15-6-10(12,13)5-14/h2-4H,5-6,14H2,1H3. The molecule has 0 aliphatic heterocycles. The molecule has 0 spiro atoms. The van der Waals surface area contributed by atoms with Crippen LogP contribution in [-0.2, 0) is 0 Å². The Morgan fingerprint density at radius 3 is 2.60 bits per heavy atom. The quantitative estimate of drug-likeness (QED) is 0.841. The number of hydrogen-bond donors (Lipinski definition) is 1. The monoisotopic (exact) mass is 219 g/mol. The number of alkyl halides is 2. The lowest BCUT2D eigenvalue weighted by atomic mass is 10.2. The minimum atomic E-state index is -3.13. The maximum absolute atomic E-state index is 13.1. The second kappa shape index (κ2) is 4.53. The summed E-state index contributed by atoms with van der Waals surface area (Å²) in [6.07, 6.45) is 0. The van der Waals surface area contributed by atoms with Crippen LogP contribution in [-0.4, -0.2) is 19.1 Å². The van der Waals surface area contributed by atoms with Crippen LogP contribution < -0.4 is 10.5 Å². The molecule has 1 aromatic rings. The zero-order chi connectivity index (χ0) is 11.5. The fourth-order valence-electron chi connectivity index (χ4n) is 0.965. The van der Waals surface area contributed by atoms with E-state index >= 15 is 0 Å². The van der Waals surface area contributed by atoms with Crippen LogP contribution in [0.25, 0.3) is 0 Å². The summed E-state index contributed by atoms with van der Waals surface area (Å²) in [5, 5.41) is 0. The van der Waals surface area contributed by atoms with E-state index in [9.17, 15) is 13.2 Å². The molecule has 0 amide bonds. The van der Waals surface area contributed by atoms with Crippen molar-refractivity contribution in [2.45, 2.75) is 12.8 Å². The molecule has 5 heteroatoms. The predicted octanol–water partition coefficient (Wildman–Crippen LogP) is 2.11. The lowest BCUT2D eigenvalue weighted by Crippen LogP contribution is -2.34. The zero-order valence-electron chi connectivity index (χ0n) is 8.27. The van der Waals surface area contributed by atoms with Crippen LogP contribution in [0, 0.1) is 12.7 Å². The van der Waals surface area contributed by atoms with E-state index in [1.807, 2.05) is 0 Å². The number of halogens is 3. The van der Waals surface area contributed by atoms with Gasteiger partial charge in [-0.1, -0.05) is 6.07 Å². The van der Waals surface area contributed by atoms with Gasteiger partial charge < -0.3 is 10.5 Å². The highest BCUT2D eigenvalue weighted by molar-refractivity contribution is 5.28. The van der Waals surface area contributed by atoms with Crippen molar-refractivity contribution < 1.29 is 17.9 Å². The van der Waals surface area contributed by atoms with E-state index in [0.29, 0.717) is 5.56 Å². The zero-order valence-corrected chi connectivity index (χ0v) is 8.27. The Balaban J connectivity index is 2.66. The maximum atomic E-state index is 13.1. The normalized spacial score (nSPS) is 11.5. The summed E-state index contributed by atoms with van der Waals surface area (Å²) < 4.78 is 43.1. The Morgan fingerprint density at radius 1 is 1.40 bits per heavy atom. The van der Waals surface area contributed by atoms with Crippen molar-refractivity contribution in [1.29, 1.82) is 0 Å². The summed E-state index contributed by atoms with van der Waals surface area (Å²) >= 11 is 0. The van der Waals surface area contributed by atoms with Crippen LogP contribution in [0.3, 0.4) is 0 Å². The number of hydrogen-bond acceptors (Lipinski definition) is 2. The van der Waals surface area contributed by atoms with E-state index in [2.05, 4.69) is 4.74 Å². The first-order valence-electron chi connectivity index (χ1n) is 4.41. The van der Waals surface area contributed by atoms with Crippen LogP contribution in [0.15, 0.2) is 18.2 Å². The van der Waals surface area contributed by atoms with Crippen molar-refractivity contribution in [3.8, 4) is 5.75 Å². The second-order valence-corrected chi connectivity index (χ2v) is 3.28. The van der Waals surface area contributed by atoms with Crippen LogP contribution >= 0.6 is 0 Å². The Morgan fingerprint density at radius 2 is 2.07 bits per heavy atom. The van der Waals surface area contributed by atoms with E-state index in [1.165, 1.54) is 12.1 Å². The second-order valence-electron chi connectivity index (χ2n) is 3.28. The van der Waals surface area contributed by atoms with Gasteiger partial charge in [-0.3, -0.25) is 0 Å². The van der Waals surface area contributed by atoms with Gasteiger partial charge in [-0.15, -0.1) is 0 Å². The number of ether oxygens (including phenoxy) is 1. The van der Waals surface area contributed by atoms with Gasteiger partial charge in [0.25, 0.3) is 5.92 Å². The van der Waals surface area contributed by atoms with Crippen molar-refractivity contribution in [3.05, 3.63) is 29.6 Å². The first kappa shape index (κ1) is 11.8. The lowest BCUT2D eigenvalue weighted by molar-refractivity contribution is -0.0328. The minimum Gasteiger partial charge on any atom is -0.484 e. The molecule has 0 aromatic heterocycles. The molecule has 15 heavy (non-hydrogen) atoms. The molecule has 0 radical (unpaired) electrons. The summed E-state index contributed by atoms with van der Waals surface area (Å²) in [4.78, 5) is 0. The van der Waals surface area contributed by atoms with E-state index in [4.69, 9.17) is 5.73 Å². The molecule has 84 valence electrons. The highest BCUT2D eigenvalue weighted by atomic mass is 19.3. The summed E-state index contributed by atoms with van der Waals surface area (Å²) in [5.41, 5.74) is 5.51. The first-order chi connectivity index (χ1) is 6.94. The van der Waals surface area contributed by atoms with E-state index in [0.717, 1.165) is 0 Å². The smallest absolute Gasteiger partial charge is 0.293 e. The van der Waals surface area contributed by atoms with Crippen LogP contribution in [0.5, 0.6) is 5.75 Å². The van der Waals surface area contributed by atoms with Crippen molar-refractivity contribution >= 4 is 0 Å². The molecule has 0 atom stereocenters. The van der Waals surface area contributed by atoms with Gasteiger partial charge >= 0.3 is 0 Å². The molecule has 0 bridgehead atoms. The average molecular weight is 219 g/mol. The molecule has 0 fully saturated rings. The van der Waals surface area contributed by atoms with Gasteiger partial charge in [-0.2, -0.15) is 0 Å². The third kappa shape index (κ3) is 3.43. The van der Waals surface area contributed by atoms with E-state index in [1.54, 1.807) is 13.0 Å². The molecular weight excluding hydrogens is 207 g/mol. The molecule has 1 rings (SSSR count). The average Bonchev–Trinajstić information content (AvgIpc) is 2.16. The molecule has 2 nitrogen and oxygen atoms in total. The Labute approximate surface area is 85.8 Å². The van der Waals surface area contributed by atoms with Crippen LogP contribution in [0.2, 0.25) is 0 Å². The molecule has 0 saturated carbocycles. The van der Waals surface area contributed by atoms with Gasteiger partial charge in [-0.05, 0) is 24.6 Å². The SMILES string of the molecule is Cc1ccc(OCC(F)(F)CN)c(F)c1. The molecule has 0 unspecified atom stereocenters. The third-order valence-corrected chi connectivity index (χ3v) is 1.82. The molecular formula is C10H12F3NO. The Kier molecular flexibility index (Phi) is 3.57. The predicted molar refractivity (Wildman–Crippen MR) is 50.6 cm³/mol. The van der Waals surface area contributed by atoms with Gasteiger partial charge in [0.2, 0.25) is 0 Å². The summed E-state index contributed by atoms with van der Waals surface area (Å²) in [6.45, 7) is -0.0364. The minimum absolute atomic E-state index is 0.186. The molecule has 0 aliphatic carbocycles. The van der Waals surface area contributed by atoms with Gasteiger partial charge in [0.15, 0.2) is 18.2 Å².